The Kier molecular flexibility index (Phi) is 5.05. The van der Waals surface area contributed by atoms with E-state index in [0.29, 0.717) is 18.6 Å². The van der Waals surface area contributed by atoms with Gasteiger partial charge in [0.05, 0.1) is 5.56 Å². The van der Waals surface area contributed by atoms with Crippen LogP contribution in [0.3, 0.4) is 0 Å². The highest BCUT2D eigenvalue weighted by molar-refractivity contribution is 6.33. The van der Waals surface area contributed by atoms with Crippen LogP contribution in [0.2, 0.25) is 5.02 Å². The topological polar surface area (TPSA) is 46.5 Å². The van der Waals surface area contributed by atoms with Crippen LogP contribution in [0.4, 0.5) is 0 Å². The molecule has 25 heavy (non-hydrogen) atoms. The van der Waals surface area contributed by atoms with Crippen LogP contribution in [0.1, 0.15) is 21.5 Å². The number of hydrogen-bond donors (Lipinski definition) is 1. The van der Waals surface area contributed by atoms with Crippen molar-refractivity contribution >= 4 is 17.9 Å². The number of carbonyl (C=O) groups is 1. The Morgan fingerprint density at radius 3 is 2.52 bits per heavy atom. The molecule has 0 aromatic heterocycles. The van der Waals surface area contributed by atoms with Crippen LogP contribution in [0, 0.1) is 6.92 Å². The molecule has 0 amide bonds. The number of halogens is 1. The molecule has 3 aromatic carbocycles. The number of ether oxygens (including phenoxy) is 1. The maximum absolute atomic E-state index is 10.8. The second-order valence-corrected chi connectivity index (χ2v) is 6.06. The molecule has 126 valence electrons. The van der Waals surface area contributed by atoms with Crippen molar-refractivity contribution in [3.05, 3.63) is 82.4 Å². The summed E-state index contributed by atoms with van der Waals surface area (Å²) in [4.78, 5) is 10.8. The largest absolute Gasteiger partial charge is 0.505 e. The molecule has 0 saturated carbocycles. The molecule has 0 spiro atoms. The third-order valence-electron chi connectivity index (χ3n) is 4.15. The Balaban J connectivity index is 1.85. The van der Waals surface area contributed by atoms with Crippen LogP contribution in [0.15, 0.2) is 60.7 Å². The minimum absolute atomic E-state index is 0.0430. The van der Waals surface area contributed by atoms with Gasteiger partial charge in [0.2, 0.25) is 0 Å². The molecule has 3 nitrogen and oxygen atoms in total. The molecule has 0 aliphatic rings. The highest BCUT2D eigenvalue weighted by Crippen LogP contribution is 2.36. The first-order chi connectivity index (χ1) is 12.1. The summed E-state index contributed by atoms with van der Waals surface area (Å²) in [6, 6.07) is 19.3. The van der Waals surface area contributed by atoms with Gasteiger partial charge in [-0.15, -0.1) is 0 Å². The summed E-state index contributed by atoms with van der Waals surface area (Å²) in [5, 5.41) is 9.92. The number of carbonyl (C=O) groups excluding carboxylic acids is 1. The summed E-state index contributed by atoms with van der Waals surface area (Å²) in [6.45, 7) is 2.36. The molecule has 0 heterocycles. The van der Waals surface area contributed by atoms with Gasteiger partial charge in [0.25, 0.3) is 0 Å². The first-order valence-electron chi connectivity index (χ1n) is 7.85. The van der Waals surface area contributed by atoms with Crippen molar-refractivity contribution in [3.8, 4) is 22.6 Å². The second-order valence-electron chi connectivity index (χ2n) is 5.68. The van der Waals surface area contributed by atoms with Gasteiger partial charge in [0, 0.05) is 0 Å². The zero-order valence-corrected chi connectivity index (χ0v) is 14.5. The maximum Gasteiger partial charge on any atom is 0.153 e. The van der Waals surface area contributed by atoms with Gasteiger partial charge in [-0.3, -0.25) is 4.79 Å². The zero-order valence-electron chi connectivity index (χ0n) is 13.7. The van der Waals surface area contributed by atoms with Crippen molar-refractivity contribution in [1.29, 1.82) is 0 Å². The Morgan fingerprint density at radius 2 is 1.80 bits per heavy atom. The van der Waals surface area contributed by atoms with Gasteiger partial charge in [-0.2, -0.15) is 0 Å². The number of rotatable bonds is 5. The molecule has 1 N–H and O–H groups in total. The lowest BCUT2D eigenvalue weighted by molar-refractivity contribution is 0.112. The number of phenols is 1. The molecule has 0 bridgehead atoms. The quantitative estimate of drug-likeness (QED) is 0.624. The summed E-state index contributed by atoms with van der Waals surface area (Å²) in [7, 11) is 0. The van der Waals surface area contributed by atoms with E-state index in [4.69, 9.17) is 16.3 Å². The molecular weight excluding hydrogens is 336 g/mol. The highest BCUT2D eigenvalue weighted by atomic mass is 35.5. The number of aromatic hydroxyl groups is 1. The smallest absolute Gasteiger partial charge is 0.153 e. The normalized spacial score (nSPS) is 10.5. The van der Waals surface area contributed by atoms with Crippen LogP contribution >= 0.6 is 11.6 Å². The average molecular weight is 353 g/mol. The van der Waals surface area contributed by atoms with Crippen LogP contribution in [0.25, 0.3) is 11.1 Å². The first-order valence-corrected chi connectivity index (χ1v) is 8.23. The van der Waals surface area contributed by atoms with Crippen molar-refractivity contribution in [2.45, 2.75) is 13.5 Å². The molecule has 4 heteroatoms. The van der Waals surface area contributed by atoms with Crippen molar-refractivity contribution in [2.24, 2.45) is 0 Å². The Morgan fingerprint density at radius 1 is 1.04 bits per heavy atom. The monoisotopic (exact) mass is 352 g/mol. The lowest BCUT2D eigenvalue weighted by Crippen LogP contribution is -2.00. The molecule has 3 aromatic rings. The highest BCUT2D eigenvalue weighted by Gasteiger charge is 2.12. The molecular formula is C21H17ClO3. The predicted molar refractivity (Wildman–Crippen MR) is 99.5 cm³/mol. The van der Waals surface area contributed by atoms with E-state index in [1.165, 1.54) is 6.07 Å². The minimum Gasteiger partial charge on any atom is -0.505 e. The van der Waals surface area contributed by atoms with Crippen molar-refractivity contribution in [2.75, 3.05) is 0 Å². The third-order valence-corrected chi connectivity index (χ3v) is 4.52. The molecule has 0 aliphatic carbocycles. The Labute approximate surface area is 151 Å². The zero-order chi connectivity index (χ0) is 17.8. The van der Waals surface area contributed by atoms with E-state index in [1.807, 2.05) is 30.3 Å². The van der Waals surface area contributed by atoms with E-state index >= 15 is 0 Å². The van der Waals surface area contributed by atoms with E-state index in [9.17, 15) is 9.90 Å². The van der Waals surface area contributed by atoms with Gasteiger partial charge in [-0.05, 0) is 41.3 Å². The van der Waals surface area contributed by atoms with E-state index in [2.05, 4.69) is 25.1 Å². The molecule has 0 saturated heterocycles. The van der Waals surface area contributed by atoms with E-state index in [1.54, 1.807) is 6.07 Å². The van der Waals surface area contributed by atoms with E-state index in [0.717, 1.165) is 22.3 Å². The van der Waals surface area contributed by atoms with Crippen LogP contribution in [0.5, 0.6) is 11.5 Å². The van der Waals surface area contributed by atoms with Gasteiger partial charge in [0.15, 0.2) is 6.29 Å². The minimum atomic E-state index is -0.260. The van der Waals surface area contributed by atoms with E-state index < -0.39 is 0 Å². The average Bonchev–Trinajstić information content (AvgIpc) is 2.65. The standard InChI is InChI=1S/C21H17ClO3/c1-14-17(8-5-9-18(14)15-6-3-2-4-7-15)13-25-19-11-10-16(12-23)21(24)20(19)22/h2-12,24H,13H2,1H3. The fraction of sp³-hybridized carbons (Fsp3) is 0.0952. The first kappa shape index (κ1) is 17.1. The predicted octanol–water partition coefficient (Wildman–Crippen LogP) is 5.41. The lowest BCUT2D eigenvalue weighted by atomic mass is 9.97. The Bertz CT molecular complexity index is 905. The molecule has 0 fully saturated rings. The van der Waals surface area contributed by atoms with E-state index in [-0.39, 0.29) is 16.3 Å². The SMILES string of the molecule is Cc1c(COc2ccc(C=O)c(O)c2Cl)cccc1-c1ccccc1. The second kappa shape index (κ2) is 7.41. The maximum atomic E-state index is 10.8. The number of phenolic OH excluding ortho intramolecular Hbond substituents is 1. The summed E-state index contributed by atoms with van der Waals surface area (Å²) in [6.07, 6.45) is 0.554. The van der Waals surface area contributed by atoms with Crippen LogP contribution in [-0.2, 0) is 6.61 Å². The summed E-state index contributed by atoms with van der Waals surface area (Å²) in [5.41, 5.74) is 4.58. The van der Waals surface area contributed by atoms with Gasteiger partial charge in [0.1, 0.15) is 23.1 Å². The van der Waals surface area contributed by atoms with Gasteiger partial charge < -0.3 is 9.84 Å². The van der Waals surface area contributed by atoms with Crippen LogP contribution in [-0.4, -0.2) is 11.4 Å². The summed E-state index contributed by atoms with van der Waals surface area (Å²) < 4.78 is 5.77. The molecule has 3 rings (SSSR count). The fourth-order valence-electron chi connectivity index (χ4n) is 2.69. The molecule has 0 unspecified atom stereocenters. The third kappa shape index (κ3) is 3.52. The van der Waals surface area contributed by atoms with Gasteiger partial charge in [-0.25, -0.2) is 0 Å². The molecule has 0 atom stereocenters. The lowest BCUT2D eigenvalue weighted by Gasteiger charge is -2.14. The summed E-state index contributed by atoms with van der Waals surface area (Å²) >= 11 is 6.08. The van der Waals surface area contributed by atoms with Crippen molar-refractivity contribution in [3.63, 3.8) is 0 Å². The van der Waals surface area contributed by atoms with Gasteiger partial charge >= 0.3 is 0 Å². The summed E-state index contributed by atoms with van der Waals surface area (Å²) in [5.74, 6) is 0.0817. The van der Waals surface area contributed by atoms with Crippen molar-refractivity contribution in [1.82, 2.24) is 0 Å². The van der Waals surface area contributed by atoms with Gasteiger partial charge in [-0.1, -0.05) is 60.1 Å². The number of aldehydes is 1. The number of benzene rings is 3. The molecule has 0 aliphatic heterocycles. The Hall–Kier alpha value is -2.78. The fourth-order valence-corrected chi connectivity index (χ4v) is 2.92. The van der Waals surface area contributed by atoms with Crippen LogP contribution < -0.4 is 4.74 Å². The molecule has 0 radical (unpaired) electrons. The number of hydrogen-bond acceptors (Lipinski definition) is 3. The van der Waals surface area contributed by atoms with Crippen molar-refractivity contribution < 1.29 is 14.6 Å².